The van der Waals surface area contributed by atoms with E-state index in [4.69, 9.17) is 4.74 Å². The lowest BCUT2D eigenvalue weighted by molar-refractivity contribution is -0.401. The van der Waals surface area contributed by atoms with Crippen LogP contribution in [0, 0.1) is 0 Å². The molecule has 0 radical (unpaired) electrons. The Hall–Kier alpha value is -2.06. The Morgan fingerprint density at radius 1 is 1.00 bits per heavy atom. The molecule has 1 unspecified atom stereocenters. The molecule has 0 spiro atoms. The fourth-order valence-electron chi connectivity index (χ4n) is 2.53. The van der Waals surface area contributed by atoms with Crippen LogP contribution < -0.4 is 10.5 Å². The second kappa shape index (κ2) is 4.90. The summed E-state index contributed by atoms with van der Waals surface area (Å²) in [6.45, 7) is 2.75. The van der Waals surface area contributed by atoms with E-state index in [-0.39, 0.29) is 6.04 Å². The summed E-state index contributed by atoms with van der Waals surface area (Å²) in [5.41, 5.74) is 9.14. The Bertz CT molecular complexity index is 614. The highest BCUT2D eigenvalue weighted by atomic mass is 16.5. The van der Waals surface area contributed by atoms with Crippen molar-refractivity contribution >= 4 is 5.57 Å². The van der Waals surface area contributed by atoms with Crippen molar-refractivity contribution < 1.29 is 10.5 Å². The molecule has 3 rings (SSSR count). The molecule has 1 aliphatic heterocycles. The number of ether oxygens (including phenoxy) is 1. The number of benzene rings is 2. The minimum atomic E-state index is 0.239. The van der Waals surface area contributed by atoms with Crippen molar-refractivity contribution in [2.45, 2.75) is 13.0 Å². The van der Waals surface area contributed by atoms with Gasteiger partial charge in [-0.2, -0.15) is 0 Å². The summed E-state index contributed by atoms with van der Waals surface area (Å²) in [6.07, 6.45) is 0. The summed E-state index contributed by atoms with van der Waals surface area (Å²) in [5.74, 6) is 0.964. The van der Waals surface area contributed by atoms with Crippen molar-refractivity contribution in [2.75, 3.05) is 6.61 Å². The Labute approximate surface area is 113 Å². The first-order chi connectivity index (χ1) is 9.27. The Balaban J connectivity index is 2.24. The maximum absolute atomic E-state index is 5.85. The van der Waals surface area contributed by atoms with Crippen molar-refractivity contribution in [3.8, 4) is 5.75 Å². The molecule has 0 bridgehead atoms. The van der Waals surface area contributed by atoms with Gasteiger partial charge in [0.25, 0.3) is 0 Å². The molecular weight excluding hydrogens is 234 g/mol. The van der Waals surface area contributed by atoms with Crippen molar-refractivity contribution in [2.24, 2.45) is 0 Å². The largest absolute Gasteiger partial charge is 0.488 e. The van der Waals surface area contributed by atoms with Gasteiger partial charge >= 0.3 is 0 Å². The van der Waals surface area contributed by atoms with E-state index in [1.54, 1.807) is 0 Å². The molecule has 96 valence electrons. The third kappa shape index (κ3) is 2.15. The molecule has 0 aromatic heterocycles. The monoisotopic (exact) mass is 252 g/mol. The average Bonchev–Trinajstić information content (AvgIpc) is 2.46. The number of hydrogen-bond donors (Lipinski definition) is 1. The lowest BCUT2D eigenvalue weighted by Crippen LogP contribution is -2.61. The van der Waals surface area contributed by atoms with Crippen LogP contribution >= 0.6 is 0 Å². The van der Waals surface area contributed by atoms with Crippen LogP contribution in [0.4, 0.5) is 0 Å². The standard InChI is InChI=1S/C17H17NO/c1-12(18)15-11-19-16-10-6-5-9-14(16)17(15)13-7-3-2-4-8-13/h2-10,12H,11,18H2,1H3/p+1. The molecule has 2 aromatic rings. The van der Waals surface area contributed by atoms with E-state index in [0.717, 1.165) is 5.75 Å². The smallest absolute Gasteiger partial charge is 0.127 e. The molecule has 0 fully saturated rings. The lowest BCUT2D eigenvalue weighted by Gasteiger charge is -2.25. The second-order valence-electron chi connectivity index (χ2n) is 4.95. The van der Waals surface area contributed by atoms with Crippen LogP contribution in [0.25, 0.3) is 5.57 Å². The summed E-state index contributed by atoms with van der Waals surface area (Å²) >= 11 is 0. The summed E-state index contributed by atoms with van der Waals surface area (Å²) < 4.78 is 5.85. The van der Waals surface area contributed by atoms with Crippen LogP contribution in [0.1, 0.15) is 18.1 Å². The van der Waals surface area contributed by atoms with Gasteiger partial charge in [0, 0.05) is 16.7 Å². The molecule has 0 saturated carbocycles. The maximum atomic E-state index is 5.85. The summed E-state index contributed by atoms with van der Waals surface area (Å²) in [7, 11) is 0. The zero-order valence-corrected chi connectivity index (χ0v) is 11.1. The van der Waals surface area contributed by atoms with E-state index < -0.39 is 0 Å². The zero-order valence-electron chi connectivity index (χ0n) is 11.1. The molecule has 2 heteroatoms. The fraction of sp³-hybridized carbons (Fsp3) is 0.176. The van der Waals surface area contributed by atoms with Gasteiger partial charge in [-0.1, -0.05) is 48.5 Å². The van der Waals surface area contributed by atoms with Crippen molar-refractivity contribution in [1.82, 2.24) is 0 Å². The van der Waals surface area contributed by atoms with Crippen LogP contribution in [0.2, 0.25) is 0 Å². The zero-order chi connectivity index (χ0) is 13.2. The van der Waals surface area contributed by atoms with Crippen LogP contribution in [0.5, 0.6) is 5.75 Å². The minimum absolute atomic E-state index is 0.239. The van der Waals surface area contributed by atoms with Crippen LogP contribution in [-0.4, -0.2) is 12.6 Å². The number of fused-ring (bicyclic) bond motifs is 1. The number of rotatable bonds is 2. The van der Waals surface area contributed by atoms with Crippen LogP contribution in [0.15, 0.2) is 60.2 Å². The number of para-hydroxylation sites is 1. The summed E-state index contributed by atoms with van der Waals surface area (Å²) in [5, 5.41) is 0. The van der Waals surface area contributed by atoms with E-state index >= 15 is 0 Å². The minimum Gasteiger partial charge on any atom is -0.488 e. The maximum Gasteiger partial charge on any atom is 0.127 e. The lowest BCUT2D eigenvalue weighted by atomic mass is 9.88. The average molecular weight is 252 g/mol. The van der Waals surface area contributed by atoms with Crippen molar-refractivity contribution in [3.63, 3.8) is 0 Å². The molecule has 0 amide bonds. The predicted octanol–water partition coefficient (Wildman–Crippen LogP) is 2.51. The first-order valence-corrected chi connectivity index (χ1v) is 6.61. The quantitative estimate of drug-likeness (QED) is 0.876. The van der Waals surface area contributed by atoms with Gasteiger partial charge in [-0.05, 0) is 18.6 Å². The third-order valence-corrected chi connectivity index (χ3v) is 3.52. The Kier molecular flexibility index (Phi) is 3.10. The summed E-state index contributed by atoms with van der Waals surface area (Å²) in [6, 6.07) is 19.0. The van der Waals surface area contributed by atoms with E-state index in [9.17, 15) is 0 Å². The molecule has 3 N–H and O–H groups in total. The van der Waals surface area contributed by atoms with Crippen LogP contribution in [0.3, 0.4) is 0 Å². The predicted molar refractivity (Wildman–Crippen MR) is 76.8 cm³/mol. The van der Waals surface area contributed by atoms with E-state index in [1.807, 2.05) is 18.2 Å². The Morgan fingerprint density at radius 2 is 1.68 bits per heavy atom. The van der Waals surface area contributed by atoms with E-state index in [2.05, 4.69) is 49.1 Å². The molecule has 1 aliphatic rings. The van der Waals surface area contributed by atoms with Crippen LogP contribution in [-0.2, 0) is 0 Å². The highest BCUT2D eigenvalue weighted by Gasteiger charge is 2.24. The first-order valence-electron chi connectivity index (χ1n) is 6.61. The van der Waals surface area contributed by atoms with Gasteiger partial charge in [0.1, 0.15) is 18.4 Å². The second-order valence-corrected chi connectivity index (χ2v) is 4.95. The Morgan fingerprint density at radius 3 is 2.42 bits per heavy atom. The van der Waals surface area contributed by atoms with Gasteiger partial charge < -0.3 is 10.5 Å². The van der Waals surface area contributed by atoms with Gasteiger partial charge in [0.2, 0.25) is 0 Å². The first kappa shape index (κ1) is 12.0. The normalized spacial score (nSPS) is 15.7. The molecule has 1 heterocycles. The van der Waals surface area contributed by atoms with Gasteiger partial charge in [-0.3, -0.25) is 0 Å². The number of hydrogen-bond acceptors (Lipinski definition) is 1. The molecule has 2 nitrogen and oxygen atoms in total. The highest BCUT2D eigenvalue weighted by molar-refractivity contribution is 5.86. The SMILES string of the molecule is CC([NH3+])C1=C(c2ccccc2)c2ccccc2OC1. The van der Waals surface area contributed by atoms with Crippen molar-refractivity contribution in [3.05, 3.63) is 71.3 Å². The van der Waals surface area contributed by atoms with Gasteiger partial charge in [-0.25, -0.2) is 0 Å². The van der Waals surface area contributed by atoms with E-state index in [0.29, 0.717) is 6.61 Å². The van der Waals surface area contributed by atoms with Gasteiger partial charge in [0.15, 0.2) is 0 Å². The molecule has 0 saturated heterocycles. The summed E-state index contributed by atoms with van der Waals surface area (Å²) in [4.78, 5) is 0. The number of quaternary nitrogens is 1. The molecular formula is C17H18NO+. The highest BCUT2D eigenvalue weighted by Crippen LogP contribution is 2.37. The third-order valence-electron chi connectivity index (χ3n) is 3.52. The fourth-order valence-corrected chi connectivity index (χ4v) is 2.53. The van der Waals surface area contributed by atoms with E-state index in [1.165, 1.54) is 22.3 Å². The molecule has 1 atom stereocenters. The van der Waals surface area contributed by atoms with Gasteiger partial charge in [0.05, 0.1) is 0 Å². The van der Waals surface area contributed by atoms with Gasteiger partial charge in [-0.15, -0.1) is 0 Å². The molecule has 0 aliphatic carbocycles. The molecule has 2 aromatic carbocycles. The topological polar surface area (TPSA) is 36.9 Å². The molecule has 19 heavy (non-hydrogen) atoms. The van der Waals surface area contributed by atoms with Crippen molar-refractivity contribution in [1.29, 1.82) is 0 Å².